The number of nitrogens with two attached hydrogens (primary N) is 1. The van der Waals surface area contributed by atoms with E-state index in [0.29, 0.717) is 6.54 Å². The molecule has 1 aromatic rings. The van der Waals surface area contributed by atoms with Gasteiger partial charge >= 0.3 is 0 Å². The highest BCUT2D eigenvalue weighted by atomic mass is 16.1. The van der Waals surface area contributed by atoms with E-state index in [1.165, 1.54) is 5.56 Å². The first-order valence-electron chi connectivity index (χ1n) is 5.96. The molecular formula is C14H22N2O. The standard InChI is InChI=1S/C14H22N2O/c1-10(9-15)13(17)16-12-7-5-11(6-8-12)14(2,3)4/h5-8,10H,9,15H2,1-4H3,(H,16,17). The number of hydrogen-bond acceptors (Lipinski definition) is 2. The normalized spacial score (nSPS) is 13.2. The smallest absolute Gasteiger partial charge is 0.228 e. The van der Waals surface area contributed by atoms with E-state index in [4.69, 9.17) is 5.73 Å². The summed E-state index contributed by atoms with van der Waals surface area (Å²) >= 11 is 0. The van der Waals surface area contributed by atoms with Crippen LogP contribution in [0.5, 0.6) is 0 Å². The molecule has 0 fully saturated rings. The average Bonchev–Trinajstić information content (AvgIpc) is 2.27. The van der Waals surface area contributed by atoms with Gasteiger partial charge in [0.15, 0.2) is 0 Å². The quantitative estimate of drug-likeness (QED) is 0.844. The minimum absolute atomic E-state index is 0.0315. The summed E-state index contributed by atoms with van der Waals surface area (Å²) in [6, 6.07) is 7.95. The molecule has 3 N–H and O–H groups in total. The first-order valence-corrected chi connectivity index (χ1v) is 5.96. The first kappa shape index (κ1) is 13.7. The van der Waals surface area contributed by atoms with E-state index in [1.807, 2.05) is 31.2 Å². The molecule has 0 heterocycles. The van der Waals surface area contributed by atoms with Crippen LogP contribution in [0.4, 0.5) is 5.69 Å². The van der Waals surface area contributed by atoms with Gasteiger partial charge in [0, 0.05) is 18.2 Å². The van der Waals surface area contributed by atoms with Crippen LogP contribution >= 0.6 is 0 Å². The van der Waals surface area contributed by atoms with E-state index in [2.05, 4.69) is 26.1 Å². The number of carbonyl (C=O) groups is 1. The van der Waals surface area contributed by atoms with Crippen LogP contribution in [-0.4, -0.2) is 12.5 Å². The van der Waals surface area contributed by atoms with E-state index in [9.17, 15) is 4.79 Å². The number of carbonyl (C=O) groups excluding carboxylic acids is 1. The van der Waals surface area contributed by atoms with Crippen molar-refractivity contribution < 1.29 is 4.79 Å². The van der Waals surface area contributed by atoms with Crippen molar-refractivity contribution in [3.63, 3.8) is 0 Å². The molecule has 0 aliphatic heterocycles. The Hall–Kier alpha value is -1.35. The van der Waals surface area contributed by atoms with E-state index >= 15 is 0 Å². The summed E-state index contributed by atoms with van der Waals surface area (Å²) in [6.07, 6.45) is 0. The highest BCUT2D eigenvalue weighted by Gasteiger charge is 2.14. The second-order valence-electron chi connectivity index (χ2n) is 5.45. The van der Waals surface area contributed by atoms with Crippen LogP contribution in [0.3, 0.4) is 0 Å². The molecule has 17 heavy (non-hydrogen) atoms. The van der Waals surface area contributed by atoms with Crippen molar-refractivity contribution in [2.45, 2.75) is 33.1 Å². The SMILES string of the molecule is CC(CN)C(=O)Nc1ccc(C(C)(C)C)cc1. The molecule has 1 atom stereocenters. The lowest BCUT2D eigenvalue weighted by atomic mass is 9.87. The number of hydrogen-bond donors (Lipinski definition) is 2. The van der Waals surface area contributed by atoms with Gasteiger partial charge in [-0.1, -0.05) is 39.8 Å². The monoisotopic (exact) mass is 234 g/mol. The third-order valence-electron chi connectivity index (χ3n) is 2.82. The number of rotatable bonds is 3. The fraction of sp³-hybridized carbons (Fsp3) is 0.500. The molecule has 94 valence electrons. The van der Waals surface area contributed by atoms with Gasteiger partial charge in [-0.05, 0) is 23.1 Å². The maximum atomic E-state index is 11.6. The summed E-state index contributed by atoms with van der Waals surface area (Å²) in [4.78, 5) is 11.6. The maximum Gasteiger partial charge on any atom is 0.228 e. The number of benzene rings is 1. The van der Waals surface area contributed by atoms with Crippen molar-refractivity contribution in [1.82, 2.24) is 0 Å². The van der Waals surface area contributed by atoms with E-state index in [-0.39, 0.29) is 17.2 Å². The Morgan fingerprint density at radius 2 is 1.82 bits per heavy atom. The second-order valence-corrected chi connectivity index (χ2v) is 5.45. The first-order chi connectivity index (χ1) is 7.84. The lowest BCUT2D eigenvalue weighted by Crippen LogP contribution is -2.26. The largest absolute Gasteiger partial charge is 0.330 e. The zero-order valence-corrected chi connectivity index (χ0v) is 11.1. The predicted octanol–water partition coefficient (Wildman–Crippen LogP) is 2.52. The Bertz CT molecular complexity index is 376. The maximum absolute atomic E-state index is 11.6. The number of amides is 1. The van der Waals surface area contributed by atoms with E-state index in [1.54, 1.807) is 0 Å². The van der Waals surface area contributed by atoms with Crippen LogP contribution in [0.15, 0.2) is 24.3 Å². The number of anilines is 1. The molecule has 0 radical (unpaired) electrons. The van der Waals surface area contributed by atoms with Crippen LogP contribution in [0.25, 0.3) is 0 Å². The molecule has 1 unspecified atom stereocenters. The predicted molar refractivity (Wildman–Crippen MR) is 72.0 cm³/mol. The van der Waals surface area contributed by atoms with Gasteiger partial charge in [-0.25, -0.2) is 0 Å². The molecule has 0 aliphatic carbocycles. The van der Waals surface area contributed by atoms with Gasteiger partial charge in [0.1, 0.15) is 0 Å². The molecular weight excluding hydrogens is 212 g/mol. The lowest BCUT2D eigenvalue weighted by Gasteiger charge is -2.19. The van der Waals surface area contributed by atoms with Crippen molar-refractivity contribution in [2.75, 3.05) is 11.9 Å². The zero-order chi connectivity index (χ0) is 13.1. The van der Waals surface area contributed by atoms with Crippen LogP contribution < -0.4 is 11.1 Å². The molecule has 1 amide bonds. The Morgan fingerprint density at radius 3 is 2.24 bits per heavy atom. The fourth-order valence-electron chi connectivity index (χ4n) is 1.43. The summed E-state index contributed by atoms with van der Waals surface area (Å²) in [7, 11) is 0. The van der Waals surface area contributed by atoms with Gasteiger partial charge in [-0.2, -0.15) is 0 Å². The molecule has 1 rings (SSSR count). The summed E-state index contributed by atoms with van der Waals surface area (Å²) in [5, 5.41) is 2.85. The van der Waals surface area contributed by atoms with Gasteiger partial charge in [0.05, 0.1) is 0 Å². The highest BCUT2D eigenvalue weighted by Crippen LogP contribution is 2.23. The Labute approximate surface area is 103 Å². The Morgan fingerprint density at radius 1 is 1.29 bits per heavy atom. The summed E-state index contributed by atoms with van der Waals surface area (Å²) < 4.78 is 0. The third kappa shape index (κ3) is 3.86. The van der Waals surface area contributed by atoms with Gasteiger partial charge in [-0.15, -0.1) is 0 Å². The van der Waals surface area contributed by atoms with Gasteiger partial charge in [-0.3, -0.25) is 4.79 Å². The summed E-state index contributed by atoms with van der Waals surface area (Å²) in [5.41, 5.74) is 7.65. The molecule has 1 aromatic carbocycles. The van der Waals surface area contributed by atoms with Crippen LogP contribution in [0.1, 0.15) is 33.3 Å². The van der Waals surface area contributed by atoms with Crippen LogP contribution in [-0.2, 0) is 10.2 Å². The van der Waals surface area contributed by atoms with Crippen molar-refractivity contribution in [2.24, 2.45) is 11.7 Å². The lowest BCUT2D eigenvalue weighted by molar-refractivity contribution is -0.119. The molecule has 0 bridgehead atoms. The number of nitrogens with one attached hydrogen (secondary N) is 1. The van der Waals surface area contributed by atoms with E-state index in [0.717, 1.165) is 5.69 Å². The Balaban J connectivity index is 2.73. The summed E-state index contributed by atoms with van der Waals surface area (Å²) in [5.74, 6) is -0.187. The minimum atomic E-state index is -0.155. The van der Waals surface area contributed by atoms with Gasteiger partial charge in [0.25, 0.3) is 0 Å². The molecule has 0 saturated carbocycles. The van der Waals surface area contributed by atoms with E-state index < -0.39 is 0 Å². The Kier molecular flexibility index (Phi) is 4.29. The van der Waals surface area contributed by atoms with Gasteiger partial charge < -0.3 is 11.1 Å². The minimum Gasteiger partial charge on any atom is -0.330 e. The third-order valence-corrected chi connectivity index (χ3v) is 2.82. The van der Waals surface area contributed by atoms with Crippen LogP contribution in [0, 0.1) is 5.92 Å². The molecule has 3 heteroatoms. The highest BCUT2D eigenvalue weighted by molar-refractivity contribution is 5.92. The van der Waals surface area contributed by atoms with Crippen molar-refractivity contribution in [3.8, 4) is 0 Å². The molecule has 0 saturated heterocycles. The van der Waals surface area contributed by atoms with Gasteiger partial charge in [0.2, 0.25) is 5.91 Å². The van der Waals surface area contributed by atoms with Crippen molar-refractivity contribution in [1.29, 1.82) is 0 Å². The fourth-order valence-corrected chi connectivity index (χ4v) is 1.43. The zero-order valence-electron chi connectivity index (χ0n) is 11.1. The van der Waals surface area contributed by atoms with Crippen molar-refractivity contribution >= 4 is 11.6 Å². The molecule has 0 aromatic heterocycles. The molecule has 3 nitrogen and oxygen atoms in total. The second kappa shape index (κ2) is 5.32. The summed E-state index contributed by atoms with van der Waals surface area (Å²) in [6.45, 7) is 8.68. The molecule has 0 spiro atoms. The topological polar surface area (TPSA) is 55.1 Å². The van der Waals surface area contributed by atoms with Crippen LogP contribution in [0.2, 0.25) is 0 Å². The average molecular weight is 234 g/mol. The van der Waals surface area contributed by atoms with Crippen molar-refractivity contribution in [3.05, 3.63) is 29.8 Å². The molecule has 0 aliphatic rings.